The van der Waals surface area contributed by atoms with Crippen LogP contribution in [0.1, 0.15) is 18.4 Å². The van der Waals surface area contributed by atoms with Crippen LogP contribution < -0.4 is 5.43 Å². The normalized spacial score (nSPS) is 26.7. The SMILES string of the molecule is O=C1CCC2=NNC3C=CN=C(C23)N1Cc1ccccc1. The summed E-state index contributed by atoms with van der Waals surface area (Å²) in [5.74, 6) is 1.06. The smallest absolute Gasteiger partial charge is 0.228 e. The molecule has 3 heterocycles. The fourth-order valence-corrected chi connectivity index (χ4v) is 3.15. The highest BCUT2D eigenvalue weighted by molar-refractivity contribution is 6.16. The molecule has 5 nitrogen and oxygen atoms in total. The zero-order valence-electron chi connectivity index (χ0n) is 11.6. The highest BCUT2D eigenvalue weighted by atomic mass is 16.2. The van der Waals surface area contributed by atoms with Gasteiger partial charge in [0.1, 0.15) is 5.84 Å². The van der Waals surface area contributed by atoms with Crippen LogP contribution in [-0.4, -0.2) is 28.4 Å². The van der Waals surface area contributed by atoms with Gasteiger partial charge >= 0.3 is 0 Å². The molecule has 2 atom stereocenters. The number of rotatable bonds is 2. The van der Waals surface area contributed by atoms with E-state index in [1.807, 2.05) is 41.3 Å². The highest BCUT2D eigenvalue weighted by Crippen LogP contribution is 2.28. The zero-order chi connectivity index (χ0) is 14.2. The number of carbonyl (C=O) groups excluding carboxylic acids is 1. The summed E-state index contributed by atoms with van der Waals surface area (Å²) in [6.07, 6.45) is 5.00. The van der Waals surface area contributed by atoms with Crippen LogP contribution in [0.15, 0.2) is 52.7 Å². The summed E-state index contributed by atoms with van der Waals surface area (Å²) >= 11 is 0. The second kappa shape index (κ2) is 4.84. The van der Waals surface area contributed by atoms with Crippen LogP contribution in [0.25, 0.3) is 0 Å². The molecule has 0 bridgehead atoms. The van der Waals surface area contributed by atoms with Crippen molar-refractivity contribution in [1.82, 2.24) is 10.3 Å². The lowest BCUT2D eigenvalue weighted by Crippen LogP contribution is -2.45. The Hall–Kier alpha value is -2.43. The topological polar surface area (TPSA) is 57.1 Å². The predicted molar refractivity (Wildman–Crippen MR) is 80.6 cm³/mol. The van der Waals surface area contributed by atoms with Crippen molar-refractivity contribution in [3.8, 4) is 0 Å². The summed E-state index contributed by atoms with van der Waals surface area (Å²) in [5, 5.41) is 4.39. The lowest BCUT2D eigenvalue weighted by Gasteiger charge is -2.29. The van der Waals surface area contributed by atoms with E-state index in [4.69, 9.17) is 0 Å². The monoisotopic (exact) mass is 280 g/mol. The summed E-state index contributed by atoms with van der Waals surface area (Å²) in [5.41, 5.74) is 5.30. The Morgan fingerprint density at radius 2 is 2.10 bits per heavy atom. The minimum absolute atomic E-state index is 0.102. The quantitative estimate of drug-likeness (QED) is 0.896. The number of carbonyl (C=O) groups is 1. The molecule has 0 aliphatic carbocycles. The molecular formula is C16H16N4O. The number of hydrogen-bond donors (Lipinski definition) is 1. The molecule has 106 valence electrons. The molecule has 3 aliphatic rings. The molecule has 4 rings (SSSR count). The van der Waals surface area contributed by atoms with E-state index in [9.17, 15) is 4.79 Å². The second-order valence-corrected chi connectivity index (χ2v) is 5.53. The summed E-state index contributed by atoms with van der Waals surface area (Å²) in [4.78, 5) is 18.8. The molecule has 0 saturated carbocycles. The van der Waals surface area contributed by atoms with Crippen LogP contribution >= 0.6 is 0 Å². The molecule has 3 aliphatic heterocycles. The van der Waals surface area contributed by atoms with Gasteiger partial charge in [0.2, 0.25) is 5.91 Å². The number of likely N-dealkylation sites (tertiary alicyclic amines) is 1. The molecule has 5 heteroatoms. The van der Waals surface area contributed by atoms with E-state index < -0.39 is 0 Å². The largest absolute Gasteiger partial charge is 0.302 e. The lowest BCUT2D eigenvalue weighted by atomic mass is 9.91. The van der Waals surface area contributed by atoms with Crippen LogP contribution in [0, 0.1) is 5.92 Å². The van der Waals surface area contributed by atoms with Gasteiger partial charge < -0.3 is 5.43 Å². The van der Waals surface area contributed by atoms with Crippen molar-refractivity contribution in [3.05, 3.63) is 48.2 Å². The van der Waals surface area contributed by atoms with Gasteiger partial charge in [0.15, 0.2) is 0 Å². The van der Waals surface area contributed by atoms with Crippen LogP contribution in [0.5, 0.6) is 0 Å². The van der Waals surface area contributed by atoms with Crippen molar-refractivity contribution in [2.45, 2.75) is 25.4 Å². The maximum atomic E-state index is 12.5. The maximum absolute atomic E-state index is 12.5. The van der Waals surface area contributed by atoms with Crippen molar-refractivity contribution in [2.24, 2.45) is 16.0 Å². The van der Waals surface area contributed by atoms with E-state index >= 15 is 0 Å². The van der Waals surface area contributed by atoms with Gasteiger partial charge in [0, 0.05) is 12.6 Å². The molecule has 0 radical (unpaired) electrons. The third kappa shape index (κ3) is 2.05. The Labute approximate surface area is 123 Å². The Kier molecular flexibility index (Phi) is 2.84. The third-order valence-corrected chi connectivity index (χ3v) is 4.21. The van der Waals surface area contributed by atoms with E-state index in [0.29, 0.717) is 19.4 Å². The average Bonchev–Trinajstić information content (AvgIpc) is 2.89. The van der Waals surface area contributed by atoms with Gasteiger partial charge in [0.25, 0.3) is 0 Å². The van der Waals surface area contributed by atoms with Crippen LogP contribution in [0.2, 0.25) is 0 Å². The molecule has 0 spiro atoms. The molecule has 0 aromatic heterocycles. The van der Waals surface area contributed by atoms with E-state index in [1.54, 1.807) is 6.20 Å². The number of hydrazone groups is 1. The van der Waals surface area contributed by atoms with Gasteiger partial charge in [-0.15, -0.1) is 0 Å². The number of hydrogen-bond acceptors (Lipinski definition) is 4. The number of nitrogens with one attached hydrogen (secondary N) is 1. The minimum Gasteiger partial charge on any atom is -0.302 e. The predicted octanol–water partition coefficient (Wildman–Crippen LogP) is 1.68. The standard InChI is InChI=1S/C16H16N4O/c21-14-7-6-12-15-13(19-18-12)8-9-17-16(15)20(14)10-11-4-2-1-3-5-11/h1-5,8-9,13,15,19H,6-7,10H2. The molecule has 1 fully saturated rings. The summed E-state index contributed by atoms with van der Waals surface area (Å²) in [6.45, 7) is 0.572. The molecule has 21 heavy (non-hydrogen) atoms. The lowest BCUT2D eigenvalue weighted by molar-refractivity contribution is -0.127. The summed E-state index contributed by atoms with van der Waals surface area (Å²) in [7, 11) is 0. The molecule has 1 saturated heterocycles. The van der Waals surface area contributed by atoms with Gasteiger partial charge in [-0.3, -0.25) is 9.69 Å². The molecule has 1 N–H and O–H groups in total. The van der Waals surface area contributed by atoms with Crippen molar-refractivity contribution in [2.75, 3.05) is 0 Å². The molecular weight excluding hydrogens is 264 g/mol. The summed E-state index contributed by atoms with van der Waals surface area (Å²) < 4.78 is 0. The van der Waals surface area contributed by atoms with E-state index in [-0.39, 0.29) is 17.9 Å². The third-order valence-electron chi connectivity index (χ3n) is 4.21. The fraction of sp³-hybridized carbons (Fsp3) is 0.312. The molecule has 2 unspecified atom stereocenters. The first kappa shape index (κ1) is 12.3. The van der Waals surface area contributed by atoms with Crippen molar-refractivity contribution in [1.29, 1.82) is 0 Å². The Balaban J connectivity index is 1.71. The Bertz CT molecular complexity index is 662. The van der Waals surface area contributed by atoms with E-state index in [0.717, 1.165) is 17.1 Å². The van der Waals surface area contributed by atoms with E-state index in [2.05, 4.69) is 15.5 Å². The van der Waals surface area contributed by atoms with Crippen LogP contribution in [0.3, 0.4) is 0 Å². The molecule has 1 amide bonds. The maximum Gasteiger partial charge on any atom is 0.228 e. The fourth-order valence-electron chi connectivity index (χ4n) is 3.15. The van der Waals surface area contributed by atoms with Crippen molar-refractivity contribution in [3.63, 3.8) is 0 Å². The van der Waals surface area contributed by atoms with Gasteiger partial charge in [0.05, 0.1) is 24.2 Å². The van der Waals surface area contributed by atoms with E-state index in [1.165, 1.54) is 0 Å². The second-order valence-electron chi connectivity index (χ2n) is 5.53. The molecule has 1 aromatic carbocycles. The van der Waals surface area contributed by atoms with Crippen molar-refractivity contribution < 1.29 is 4.79 Å². The Morgan fingerprint density at radius 1 is 1.24 bits per heavy atom. The number of benzene rings is 1. The number of amides is 1. The van der Waals surface area contributed by atoms with Crippen LogP contribution in [0.4, 0.5) is 0 Å². The molecule has 1 aromatic rings. The number of amidine groups is 1. The number of aliphatic imine (C=N–C) groups is 1. The number of nitrogens with zero attached hydrogens (tertiary/aromatic N) is 3. The van der Waals surface area contributed by atoms with Gasteiger partial charge in [-0.2, -0.15) is 5.10 Å². The summed E-state index contributed by atoms with van der Waals surface area (Å²) in [6, 6.07) is 10.2. The highest BCUT2D eigenvalue weighted by Gasteiger charge is 2.42. The van der Waals surface area contributed by atoms with Gasteiger partial charge in [-0.25, -0.2) is 4.99 Å². The van der Waals surface area contributed by atoms with Gasteiger partial charge in [-0.05, 0) is 18.1 Å². The first-order valence-corrected chi connectivity index (χ1v) is 7.23. The van der Waals surface area contributed by atoms with Crippen LogP contribution in [-0.2, 0) is 11.3 Å². The van der Waals surface area contributed by atoms with Crippen molar-refractivity contribution >= 4 is 17.5 Å². The zero-order valence-corrected chi connectivity index (χ0v) is 11.6. The van der Waals surface area contributed by atoms with Gasteiger partial charge in [-0.1, -0.05) is 30.3 Å². The first-order valence-electron chi connectivity index (χ1n) is 7.23. The first-order chi connectivity index (χ1) is 10.3. The minimum atomic E-state index is 0.102. The Morgan fingerprint density at radius 3 is 2.95 bits per heavy atom. The average molecular weight is 280 g/mol.